The van der Waals surface area contributed by atoms with E-state index < -0.39 is 53.1 Å². The number of anilines is 1. The minimum absolute atomic E-state index is 0.112. The molecule has 0 saturated carbocycles. The number of alkyl halides is 6. The summed E-state index contributed by atoms with van der Waals surface area (Å²) in [5.41, 5.74) is -2.00. The van der Waals surface area contributed by atoms with Gasteiger partial charge in [-0.2, -0.15) is 13.2 Å². The number of benzene rings is 2. The number of non-ortho nitro benzene ring substituents is 1. The van der Waals surface area contributed by atoms with Crippen LogP contribution in [0, 0.1) is 10.1 Å². The van der Waals surface area contributed by atoms with Crippen LogP contribution in [-0.2, 0) is 12.7 Å². The number of carboxylic acid groups (broad SMARTS) is 1. The highest BCUT2D eigenvalue weighted by molar-refractivity contribution is 5.67. The molecule has 2 aromatic carbocycles. The van der Waals surface area contributed by atoms with Gasteiger partial charge in [0.05, 0.1) is 23.1 Å². The van der Waals surface area contributed by atoms with Gasteiger partial charge in [0.15, 0.2) is 0 Å². The number of nitro benzene ring substituents is 1. The van der Waals surface area contributed by atoms with Crippen LogP contribution in [0.2, 0.25) is 0 Å². The Bertz CT molecular complexity index is 1140. The number of unbranched alkanes of at least 4 members (excludes halogenated alkanes) is 1. The van der Waals surface area contributed by atoms with E-state index in [1.807, 2.05) is 11.8 Å². The monoisotopic (exact) mass is 551 g/mol. The molecule has 2 rings (SSSR count). The standard InChI is InChI=1S/C24H27F6N3O5/c1-4-6-9-31(5-2)21-8-7-20(38-24(28,29)30)12-17(21)14-32(22(34)35)15(3)16-10-18(23(25,26)27)13-19(11-16)33(36)37/h7-8,10-13,15H,4-6,9,14H2,1-3H3,(H,34,35). The molecule has 210 valence electrons. The Morgan fingerprint density at radius 3 is 2.26 bits per heavy atom. The van der Waals surface area contributed by atoms with Crippen molar-refractivity contribution in [2.24, 2.45) is 0 Å². The van der Waals surface area contributed by atoms with Crippen LogP contribution in [-0.4, -0.2) is 40.5 Å². The van der Waals surface area contributed by atoms with Crippen LogP contribution >= 0.6 is 0 Å². The summed E-state index contributed by atoms with van der Waals surface area (Å²) in [6.45, 7) is 5.40. The van der Waals surface area contributed by atoms with E-state index in [1.165, 1.54) is 13.0 Å². The molecule has 0 radical (unpaired) electrons. The highest BCUT2D eigenvalue weighted by atomic mass is 19.4. The van der Waals surface area contributed by atoms with Gasteiger partial charge in [-0.1, -0.05) is 13.3 Å². The van der Waals surface area contributed by atoms with Crippen LogP contribution in [0.4, 0.5) is 42.5 Å². The SMILES string of the molecule is CCCCN(CC)c1ccc(OC(F)(F)F)cc1CN(C(=O)O)C(C)c1cc([N+](=O)[O-])cc(C(F)(F)F)c1. The molecule has 1 N–H and O–H groups in total. The zero-order valence-corrected chi connectivity index (χ0v) is 20.8. The van der Waals surface area contributed by atoms with Gasteiger partial charge in [-0.15, -0.1) is 13.2 Å². The Morgan fingerprint density at radius 2 is 1.76 bits per heavy atom. The summed E-state index contributed by atoms with van der Waals surface area (Å²) in [6.07, 6.45) is -10.00. The Labute approximate surface area is 214 Å². The van der Waals surface area contributed by atoms with E-state index in [-0.39, 0.29) is 11.1 Å². The van der Waals surface area contributed by atoms with E-state index in [2.05, 4.69) is 4.74 Å². The van der Waals surface area contributed by atoms with Crippen LogP contribution in [0.25, 0.3) is 0 Å². The van der Waals surface area contributed by atoms with Gasteiger partial charge in [-0.25, -0.2) is 4.79 Å². The molecule has 1 amide bonds. The van der Waals surface area contributed by atoms with Gasteiger partial charge >= 0.3 is 18.6 Å². The van der Waals surface area contributed by atoms with E-state index >= 15 is 0 Å². The molecule has 0 spiro atoms. The molecular weight excluding hydrogens is 524 g/mol. The largest absolute Gasteiger partial charge is 0.573 e. The number of amides is 1. The smallest absolute Gasteiger partial charge is 0.465 e. The Morgan fingerprint density at radius 1 is 1.11 bits per heavy atom. The fraction of sp³-hybridized carbons (Fsp3) is 0.458. The number of carbonyl (C=O) groups is 1. The summed E-state index contributed by atoms with van der Waals surface area (Å²) in [5, 5.41) is 21.1. The van der Waals surface area contributed by atoms with Crippen LogP contribution in [0.3, 0.4) is 0 Å². The quantitative estimate of drug-likeness (QED) is 0.178. The van der Waals surface area contributed by atoms with Gasteiger partial charge in [-0.3, -0.25) is 15.0 Å². The lowest BCUT2D eigenvalue weighted by molar-refractivity contribution is -0.385. The third-order valence-corrected chi connectivity index (χ3v) is 5.80. The zero-order chi connectivity index (χ0) is 28.8. The lowest BCUT2D eigenvalue weighted by Gasteiger charge is -2.31. The Hall–Kier alpha value is -3.71. The van der Waals surface area contributed by atoms with Crippen molar-refractivity contribution in [1.82, 2.24) is 4.90 Å². The third kappa shape index (κ3) is 8.15. The summed E-state index contributed by atoms with van der Waals surface area (Å²) in [4.78, 5) is 24.9. The maximum absolute atomic E-state index is 13.4. The molecule has 0 aliphatic heterocycles. The maximum atomic E-state index is 13.4. The van der Waals surface area contributed by atoms with Crippen molar-refractivity contribution in [2.75, 3.05) is 18.0 Å². The minimum Gasteiger partial charge on any atom is -0.465 e. The first-order chi connectivity index (χ1) is 17.6. The molecule has 0 aromatic heterocycles. The van der Waals surface area contributed by atoms with Crippen molar-refractivity contribution < 1.29 is 45.9 Å². The van der Waals surface area contributed by atoms with Gasteiger partial charge in [0.1, 0.15) is 5.75 Å². The molecule has 0 fully saturated rings. The lowest BCUT2D eigenvalue weighted by Crippen LogP contribution is -2.33. The molecule has 0 aliphatic rings. The van der Waals surface area contributed by atoms with Crippen LogP contribution in [0.15, 0.2) is 36.4 Å². The van der Waals surface area contributed by atoms with Crippen molar-refractivity contribution in [3.05, 3.63) is 63.2 Å². The van der Waals surface area contributed by atoms with E-state index in [9.17, 15) is 46.4 Å². The average molecular weight is 551 g/mol. The number of nitrogens with zero attached hydrogens (tertiary/aromatic N) is 3. The number of hydrogen-bond donors (Lipinski definition) is 1. The van der Waals surface area contributed by atoms with Gasteiger partial charge < -0.3 is 14.7 Å². The topological polar surface area (TPSA) is 96.2 Å². The first-order valence-electron chi connectivity index (χ1n) is 11.6. The summed E-state index contributed by atoms with van der Waals surface area (Å²) in [5.74, 6) is -0.601. The van der Waals surface area contributed by atoms with Crippen molar-refractivity contribution in [1.29, 1.82) is 0 Å². The van der Waals surface area contributed by atoms with Gasteiger partial charge in [0.2, 0.25) is 0 Å². The molecular formula is C24H27F6N3O5. The predicted molar refractivity (Wildman–Crippen MR) is 126 cm³/mol. The second kappa shape index (κ2) is 12.2. The molecule has 0 saturated heterocycles. The molecule has 14 heteroatoms. The van der Waals surface area contributed by atoms with Crippen molar-refractivity contribution in [3.63, 3.8) is 0 Å². The second-order valence-corrected chi connectivity index (χ2v) is 8.43. The number of nitro groups is 1. The fourth-order valence-corrected chi connectivity index (χ4v) is 3.87. The van der Waals surface area contributed by atoms with E-state index in [4.69, 9.17) is 0 Å². The molecule has 0 aliphatic carbocycles. The Balaban J connectivity index is 2.60. The molecule has 0 bridgehead atoms. The fourth-order valence-electron chi connectivity index (χ4n) is 3.87. The van der Waals surface area contributed by atoms with Crippen LogP contribution in [0.5, 0.6) is 5.75 Å². The first-order valence-corrected chi connectivity index (χ1v) is 11.6. The van der Waals surface area contributed by atoms with Crippen molar-refractivity contribution in [2.45, 2.75) is 58.7 Å². The summed E-state index contributed by atoms with van der Waals surface area (Å²) >= 11 is 0. The van der Waals surface area contributed by atoms with E-state index in [0.29, 0.717) is 35.8 Å². The molecule has 1 atom stereocenters. The lowest BCUT2D eigenvalue weighted by atomic mass is 10.0. The van der Waals surface area contributed by atoms with Crippen LogP contribution < -0.4 is 9.64 Å². The molecule has 2 aromatic rings. The van der Waals surface area contributed by atoms with Gasteiger partial charge in [-0.05, 0) is 55.7 Å². The highest BCUT2D eigenvalue weighted by Gasteiger charge is 2.35. The normalized spacial score (nSPS) is 12.7. The van der Waals surface area contributed by atoms with Gasteiger partial charge in [0, 0.05) is 30.9 Å². The summed E-state index contributed by atoms with van der Waals surface area (Å²) < 4.78 is 82.7. The van der Waals surface area contributed by atoms with Crippen molar-refractivity contribution >= 4 is 17.5 Å². The second-order valence-electron chi connectivity index (χ2n) is 8.43. The minimum atomic E-state index is -5.01. The number of halogens is 6. The maximum Gasteiger partial charge on any atom is 0.573 e. The molecule has 38 heavy (non-hydrogen) atoms. The molecule has 1 unspecified atom stereocenters. The highest BCUT2D eigenvalue weighted by Crippen LogP contribution is 2.37. The predicted octanol–water partition coefficient (Wildman–Crippen LogP) is 7.38. The van der Waals surface area contributed by atoms with E-state index in [1.54, 1.807) is 6.92 Å². The number of ether oxygens (including phenoxy) is 1. The number of rotatable bonds is 11. The Kier molecular flexibility index (Phi) is 9.81. The van der Waals surface area contributed by atoms with Crippen LogP contribution in [0.1, 0.15) is 56.3 Å². The molecule has 8 nitrogen and oxygen atoms in total. The van der Waals surface area contributed by atoms with Crippen molar-refractivity contribution in [3.8, 4) is 5.75 Å². The van der Waals surface area contributed by atoms with Gasteiger partial charge in [0.25, 0.3) is 5.69 Å². The average Bonchev–Trinajstić information content (AvgIpc) is 2.81. The summed E-state index contributed by atoms with van der Waals surface area (Å²) in [7, 11) is 0. The zero-order valence-electron chi connectivity index (χ0n) is 20.8. The van der Waals surface area contributed by atoms with E-state index in [0.717, 1.165) is 31.0 Å². The first kappa shape index (κ1) is 30.5. The summed E-state index contributed by atoms with van der Waals surface area (Å²) in [6, 6.07) is 3.91. The third-order valence-electron chi connectivity index (χ3n) is 5.80. The molecule has 0 heterocycles. The number of hydrogen-bond acceptors (Lipinski definition) is 5.